The Balaban J connectivity index is 1.59. The highest BCUT2D eigenvalue weighted by molar-refractivity contribution is 7.80. The highest BCUT2D eigenvalue weighted by atomic mass is 32.1. The molecule has 0 bridgehead atoms. The van der Waals surface area contributed by atoms with E-state index in [2.05, 4.69) is 10.7 Å². The summed E-state index contributed by atoms with van der Waals surface area (Å²) in [6.45, 7) is 0. The second-order valence-electron chi connectivity index (χ2n) is 7.61. The molecule has 1 aliphatic heterocycles. The number of methoxy groups -OCH3 is 1. The fourth-order valence-electron chi connectivity index (χ4n) is 3.61. The monoisotopic (exact) mass is 492 g/mol. The maximum Gasteiger partial charge on any atom is 0.269 e. The molecule has 1 aliphatic rings. The van der Waals surface area contributed by atoms with Gasteiger partial charge in [0, 0.05) is 17.3 Å². The number of rotatable bonds is 7. The van der Waals surface area contributed by atoms with Crippen LogP contribution in [0.4, 0.5) is 15.8 Å². The summed E-state index contributed by atoms with van der Waals surface area (Å²) in [5.41, 5.74) is 3.58. The molecule has 1 fully saturated rings. The van der Waals surface area contributed by atoms with Crippen LogP contribution in [-0.4, -0.2) is 41.0 Å². The van der Waals surface area contributed by atoms with Gasteiger partial charge in [-0.1, -0.05) is 30.3 Å². The molecule has 0 aromatic heterocycles. The molecule has 0 spiro atoms. The number of carbonyl (C=O) groups excluding carboxylic acids is 3. The van der Waals surface area contributed by atoms with Gasteiger partial charge in [-0.2, -0.15) is 0 Å². The first-order chi connectivity index (χ1) is 16.9. The van der Waals surface area contributed by atoms with E-state index < -0.39 is 29.6 Å². The van der Waals surface area contributed by atoms with Crippen LogP contribution in [0.5, 0.6) is 5.75 Å². The third kappa shape index (κ3) is 5.28. The van der Waals surface area contributed by atoms with Crippen LogP contribution >= 0.6 is 12.2 Å². The van der Waals surface area contributed by atoms with Crippen LogP contribution in [-0.2, 0) is 9.59 Å². The van der Waals surface area contributed by atoms with Crippen molar-refractivity contribution in [3.05, 3.63) is 90.2 Å². The fraction of sp³-hybridized carbons (Fsp3) is 0.120. The van der Waals surface area contributed by atoms with Crippen molar-refractivity contribution in [1.29, 1.82) is 0 Å². The summed E-state index contributed by atoms with van der Waals surface area (Å²) < 4.78 is 18.8. The molecule has 1 heterocycles. The van der Waals surface area contributed by atoms with Gasteiger partial charge in [0.15, 0.2) is 0 Å². The summed E-state index contributed by atoms with van der Waals surface area (Å²) in [6, 6.07) is 19.4. The Bertz CT molecular complexity index is 1290. The highest BCUT2D eigenvalue weighted by Crippen LogP contribution is 2.26. The quantitative estimate of drug-likeness (QED) is 0.491. The zero-order chi connectivity index (χ0) is 24.9. The molecule has 3 amide bonds. The number of benzene rings is 3. The van der Waals surface area contributed by atoms with E-state index in [-0.39, 0.29) is 17.1 Å². The fourth-order valence-corrected chi connectivity index (χ4v) is 3.97. The van der Waals surface area contributed by atoms with Gasteiger partial charge in [0.25, 0.3) is 11.8 Å². The molecule has 8 nitrogen and oxygen atoms in total. The first kappa shape index (κ1) is 23.8. The van der Waals surface area contributed by atoms with Gasteiger partial charge in [0.1, 0.15) is 17.6 Å². The number of para-hydroxylation sites is 1. The Morgan fingerprint density at radius 2 is 1.77 bits per heavy atom. The minimum atomic E-state index is -1.12. The van der Waals surface area contributed by atoms with Gasteiger partial charge in [-0.3, -0.25) is 24.7 Å². The van der Waals surface area contributed by atoms with E-state index in [1.807, 2.05) is 0 Å². The molecule has 1 atom stereocenters. The summed E-state index contributed by atoms with van der Waals surface area (Å²) in [6.07, 6.45) is -0.303. The molecule has 10 heteroatoms. The lowest BCUT2D eigenvalue weighted by Crippen LogP contribution is -2.49. The van der Waals surface area contributed by atoms with Crippen LogP contribution in [0.1, 0.15) is 16.8 Å². The van der Waals surface area contributed by atoms with Crippen molar-refractivity contribution in [3.8, 4) is 5.75 Å². The summed E-state index contributed by atoms with van der Waals surface area (Å²) in [7, 11) is 1.51. The predicted molar refractivity (Wildman–Crippen MR) is 132 cm³/mol. The number of hydrogen-bond donors (Lipinski definition) is 2. The molecule has 0 aliphatic carbocycles. The van der Waals surface area contributed by atoms with E-state index in [1.165, 1.54) is 35.2 Å². The second kappa shape index (κ2) is 10.3. The number of nitrogens with one attached hydrogen (secondary N) is 2. The van der Waals surface area contributed by atoms with Gasteiger partial charge in [-0.25, -0.2) is 9.40 Å². The highest BCUT2D eigenvalue weighted by Gasteiger charge is 2.45. The van der Waals surface area contributed by atoms with Crippen molar-refractivity contribution in [2.24, 2.45) is 0 Å². The SMILES string of the molecule is COc1cccc(NC(=O)CC2C(=O)N(c3ccccc3)C(=S)N2NC(=O)c2cccc(F)c2)c1. The Hall–Kier alpha value is -4.31. The van der Waals surface area contributed by atoms with Crippen molar-refractivity contribution >= 4 is 46.4 Å². The van der Waals surface area contributed by atoms with E-state index in [0.717, 1.165) is 6.07 Å². The van der Waals surface area contributed by atoms with Crippen LogP contribution < -0.4 is 20.4 Å². The smallest absolute Gasteiger partial charge is 0.269 e. The number of hydrogen-bond acceptors (Lipinski definition) is 5. The molecule has 1 unspecified atom stereocenters. The first-order valence-electron chi connectivity index (χ1n) is 10.6. The number of nitrogens with zero attached hydrogens (tertiary/aromatic N) is 2. The molecular formula is C25H21FN4O4S. The molecule has 0 saturated carbocycles. The van der Waals surface area contributed by atoms with Gasteiger partial charge in [0.2, 0.25) is 11.0 Å². The Morgan fingerprint density at radius 1 is 1.03 bits per heavy atom. The van der Waals surface area contributed by atoms with Crippen molar-refractivity contribution in [1.82, 2.24) is 10.4 Å². The number of thiocarbonyl (C=S) groups is 1. The van der Waals surface area contributed by atoms with Crippen molar-refractivity contribution < 1.29 is 23.5 Å². The van der Waals surface area contributed by atoms with E-state index in [0.29, 0.717) is 17.1 Å². The van der Waals surface area contributed by atoms with Crippen LogP contribution in [0.3, 0.4) is 0 Å². The number of halogens is 1. The van der Waals surface area contributed by atoms with Crippen molar-refractivity contribution in [3.63, 3.8) is 0 Å². The van der Waals surface area contributed by atoms with Gasteiger partial charge < -0.3 is 10.1 Å². The third-order valence-electron chi connectivity index (χ3n) is 5.27. The normalized spacial score (nSPS) is 15.2. The molecule has 2 N–H and O–H groups in total. The average Bonchev–Trinajstić information content (AvgIpc) is 3.08. The molecule has 35 heavy (non-hydrogen) atoms. The first-order valence-corrected chi connectivity index (χ1v) is 11.0. The number of carbonyl (C=O) groups is 3. The predicted octanol–water partition coefficient (Wildman–Crippen LogP) is 3.51. The zero-order valence-electron chi connectivity index (χ0n) is 18.6. The van der Waals surface area contributed by atoms with E-state index in [9.17, 15) is 18.8 Å². The maximum atomic E-state index is 13.6. The summed E-state index contributed by atoms with van der Waals surface area (Å²) in [4.78, 5) is 40.3. The lowest BCUT2D eigenvalue weighted by Gasteiger charge is -2.24. The van der Waals surface area contributed by atoms with Crippen LogP contribution in [0, 0.1) is 5.82 Å². The lowest BCUT2D eigenvalue weighted by atomic mass is 10.1. The number of amides is 3. The zero-order valence-corrected chi connectivity index (χ0v) is 19.4. The molecular weight excluding hydrogens is 471 g/mol. The Morgan fingerprint density at radius 3 is 2.49 bits per heavy atom. The number of hydrazine groups is 1. The molecule has 3 aromatic carbocycles. The average molecular weight is 493 g/mol. The summed E-state index contributed by atoms with van der Waals surface area (Å²) in [5.74, 6) is -1.66. The van der Waals surface area contributed by atoms with Gasteiger partial charge in [0.05, 0.1) is 19.2 Å². The number of anilines is 2. The minimum absolute atomic E-state index is 0.00914. The second-order valence-corrected chi connectivity index (χ2v) is 7.98. The largest absolute Gasteiger partial charge is 0.497 e. The Labute approximate surface area is 206 Å². The molecule has 1 saturated heterocycles. The molecule has 0 radical (unpaired) electrons. The van der Waals surface area contributed by atoms with Crippen LogP contribution in [0.2, 0.25) is 0 Å². The van der Waals surface area contributed by atoms with Crippen molar-refractivity contribution in [2.75, 3.05) is 17.3 Å². The van der Waals surface area contributed by atoms with E-state index in [4.69, 9.17) is 17.0 Å². The van der Waals surface area contributed by atoms with E-state index in [1.54, 1.807) is 54.6 Å². The standard InChI is InChI=1S/C25H21FN4O4S/c1-34-20-12-6-9-18(14-20)27-22(31)15-21-24(33)29(19-10-3-2-4-11-19)25(35)30(21)28-23(32)16-7-5-8-17(26)13-16/h2-14,21H,15H2,1H3,(H,27,31)(H,28,32). The van der Waals surface area contributed by atoms with Gasteiger partial charge >= 0.3 is 0 Å². The minimum Gasteiger partial charge on any atom is -0.497 e. The topological polar surface area (TPSA) is 91.0 Å². The molecule has 3 aromatic rings. The third-order valence-corrected chi connectivity index (χ3v) is 5.65. The maximum absolute atomic E-state index is 13.6. The Kier molecular flexibility index (Phi) is 7.02. The summed E-state index contributed by atoms with van der Waals surface area (Å²) >= 11 is 5.50. The van der Waals surface area contributed by atoms with E-state index >= 15 is 0 Å². The molecule has 178 valence electrons. The van der Waals surface area contributed by atoms with Gasteiger partial charge in [-0.15, -0.1) is 0 Å². The molecule has 4 rings (SSSR count). The number of ether oxygens (including phenoxy) is 1. The van der Waals surface area contributed by atoms with Crippen molar-refractivity contribution in [2.45, 2.75) is 12.5 Å². The lowest BCUT2D eigenvalue weighted by molar-refractivity contribution is -0.124. The van der Waals surface area contributed by atoms with Crippen LogP contribution in [0.25, 0.3) is 0 Å². The summed E-state index contributed by atoms with van der Waals surface area (Å²) in [5, 5.41) is 3.89. The van der Waals surface area contributed by atoms with Gasteiger partial charge in [-0.05, 0) is 54.7 Å². The van der Waals surface area contributed by atoms with Crippen LogP contribution in [0.15, 0.2) is 78.9 Å².